The number of carboxylic acids is 1. The summed E-state index contributed by atoms with van der Waals surface area (Å²) in [7, 11) is 0. The third-order valence-electron chi connectivity index (χ3n) is 4.52. The van der Waals surface area contributed by atoms with E-state index >= 15 is 0 Å². The second-order valence-corrected chi connectivity index (χ2v) is 6.75. The fourth-order valence-corrected chi connectivity index (χ4v) is 3.11. The zero-order valence-electron chi connectivity index (χ0n) is 15.1. The van der Waals surface area contributed by atoms with Crippen molar-refractivity contribution in [3.63, 3.8) is 0 Å². The number of amides is 2. The van der Waals surface area contributed by atoms with Crippen LogP contribution in [0.1, 0.15) is 35.7 Å². The summed E-state index contributed by atoms with van der Waals surface area (Å²) in [5.74, 6) is -1.49. The molecule has 140 valence electrons. The molecular weight excluding hydrogens is 344 g/mol. The molecule has 6 nitrogen and oxygen atoms in total. The normalized spacial score (nSPS) is 14.3. The monoisotopic (exact) mass is 366 g/mol. The van der Waals surface area contributed by atoms with E-state index in [0.717, 1.165) is 18.4 Å². The summed E-state index contributed by atoms with van der Waals surface area (Å²) in [4.78, 5) is 37.6. The van der Waals surface area contributed by atoms with E-state index in [-0.39, 0.29) is 24.3 Å². The van der Waals surface area contributed by atoms with Crippen LogP contribution >= 0.6 is 0 Å². The smallest absolute Gasteiger partial charge is 0.326 e. The highest BCUT2D eigenvalue weighted by molar-refractivity contribution is 5.98. The van der Waals surface area contributed by atoms with Crippen molar-refractivity contribution >= 4 is 23.5 Å². The van der Waals surface area contributed by atoms with Crippen LogP contribution in [0.3, 0.4) is 0 Å². The molecule has 0 bridgehead atoms. The van der Waals surface area contributed by atoms with Crippen LogP contribution in [0.25, 0.3) is 0 Å². The van der Waals surface area contributed by atoms with Gasteiger partial charge < -0.3 is 15.3 Å². The van der Waals surface area contributed by atoms with Crippen LogP contribution < -0.4 is 5.32 Å². The van der Waals surface area contributed by atoms with Gasteiger partial charge in [-0.15, -0.1) is 0 Å². The van der Waals surface area contributed by atoms with Crippen LogP contribution in [0.15, 0.2) is 54.6 Å². The average molecular weight is 366 g/mol. The minimum atomic E-state index is -1.01. The number of nitrogens with one attached hydrogen (secondary N) is 1. The number of hydrogen-bond acceptors (Lipinski definition) is 3. The van der Waals surface area contributed by atoms with E-state index in [0.29, 0.717) is 11.3 Å². The standard InChI is InChI=1S/C21H22N2O4/c1-14(24)22-17-9-7-16(8-10-17)20(25)23(18-11-12-18)19(21(26)27)13-15-5-3-2-4-6-15/h2-10,18-19H,11-13H2,1H3,(H,22,24)(H,26,27). The van der Waals surface area contributed by atoms with E-state index in [1.54, 1.807) is 24.3 Å². The molecule has 0 aliphatic heterocycles. The van der Waals surface area contributed by atoms with Crippen LogP contribution in [-0.2, 0) is 16.0 Å². The van der Waals surface area contributed by atoms with Crippen molar-refractivity contribution in [3.8, 4) is 0 Å². The molecule has 6 heteroatoms. The maximum Gasteiger partial charge on any atom is 0.326 e. The van der Waals surface area contributed by atoms with Gasteiger partial charge in [-0.1, -0.05) is 30.3 Å². The van der Waals surface area contributed by atoms with Crippen molar-refractivity contribution in [3.05, 3.63) is 65.7 Å². The first-order chi connectivity index (χ1) is 13.0. The zero-order valence-corrected chi connectivity index (χ0v) is 15.1. The van der Waals surface area contributed by atoms with Crippen LogP contribution in [0.2, 0.25) is 0 Å². The molecule has 1 saturated carbocycles. The van der Waals surface area contributed by atoms with Gasteiger partial charge in [-0.05, 0) is 42.7 Å². The average Bonchev–Trinajstić information content (AvgIpc) is 3.47. The summed E-state index contributed by atoms with van der Waals surface area (Å²) in [6.45, 7) is 1.41. The highest BCUT2D eigenvalue weighted by Crippen LogP contribution is 2.31. The van der Waals surface area contributed by atoms with E-state index in [2.05, 4.69) is 5.32 Å². The quantitative estimate of drug-likeness (QED) is 0.789. The SMILES string of the molecule is CC(=O)Nc1ccc(C(=O)N(C2CC2)C(Cc2ccccc2)C(=O)O)cc1. The third-order valence-corrected chi connectivity index (χ3v) is 4.52. The first-order valence-corrected chi connectivity index (χ1v) is 8.93. The largest absolute Gasteiger partial charge is 0.480 e. The molecule has 1 fully saturated rings. The molecule has 27 heavy (non-hydrogen) atoms. The first kappa shape index (κ1) is 18.6. The molecule has 0 heterocycles. The summed E-state index contributed by atoms with van der Waals surface area (Å²) in [5, 5.41) is 12.4. The van der Waals surface area contributed by atoms with Gasteiger partial charge in [-0.25, -0.2) is 4.79 Å². The number of carboxylic acid groups (broad SMARTS) is 1. The minimum absolute atomic E-state index is 0.0441. The van der Waals surface area contributed by atoms with Crippen LogP contribution in [0, 0.1) is 0 Å². The Bertz CT molecular complexity index is 829. The number of carbonyl (C=O) groups is 3. The molecule has 1 aliphatic rings. The number of hydrogen-bond donors (Lipinski definition) is 2. The summed E-state index contributed by atoms with van der Waals surface area (Å²) in [5.41, 5.74) is 1.88. The molecule has 2 aromatic rings. The van der Waals surface area contributed by atoms with Crippen molar-refractivity contribution in [1.82, 2.24) is 4.90 Å². The number of nitrogens with zero attached hydrogens (tertiary/aromatic N) is 1. The lowest BCUT2D eigenvalue weighted by atomic mass is 10.0. The molecule has 1 aliphatic carbocycles. The maximum absolute atomic E-state index is 13.1. The van der Waals surface area contributed by atoms with Gasteiger partial charge >= 0.3 is 5.97 Å². The Morgan fingerprint density at radius 1 is 1.07 bits per heavy atom. The molecule has 3 rings (SSSR count). The fraction of sp³-hybridized carbons (Fsp3) is 0.286. The van der Waals surface area contributed by atoms with E-state index in [9.17, 15) is 19.5 Å². The molecule has 1 atom stereocenters. The number of carbonyl (C=O) groups excluding carboxylic acids is 2. The van der Waals surface area contributed by atoms with Gasteiger partial charge in [0.15, 0.2) is 0 Å². The lowest BCUT2D eigenvalue weighted by molar-refractivity contribution is -0.142. The van der Waals surface area contributed by atoms with Gasteiger partial charge in [-0.3, -0.25) is 9.59 Å². The summed E-state index contributed by atoms with van der Waals surface area (Å²) in [6.07, 6.45) is 1.89. The van der Waals surface area contributed by atoms with Crippen LogP contribution in [0.5, 0.6) is 0 Å². The first-order valence-electron chi connectivity index (χ1n) is 8.93. The summed E-state index contributed by atoms with van der Waals surface area (Å²) < 4.78 is 0. The predicted octanol–water partition coefficient (Wildman–Crippen LogP) is 2.95. The maximum atomic E-state index is 13.1. The molecule has 2 N–H and O–H groups in total. The van der Waals surface area contributed by atoms with Crippen LogP contribution in [0.4, 0.5) is 5.69 Å². The van der Waals surface area contributed by atoms with Crippen molar-refractivity contribution in [2.45, 2.75) is 38.3 Å². The molecular formula is C21H22N2O4. The van der Waals surface area contributed by atoms with Crippen molar-refractivity contribution in [2.24, 2.45) is 0 Å². The van der Waals surface area contributed by atoms with E-state index in [4.69, 9.17) is 0 Å². The topological polar surface area (TPSA) is 86.7 Å². The number of anilines is 1. The Balaban J connectivity index is 1.83. The van der Waals surface area contributed by atoms with Gasteiger partial charge in [0.1, 0.15) is 6.04 Å². The van der Waals surface area contributed by atoms with Gasteiger partial charge in [0.25, 0.3) is 5.91 Å². The van der Waals surface area contributed by atoms with Gasteiger partial charge in [0, 0.05) is 30.6 Å². The van der Waals surface area contributed by atoms with Crippen molar-refractivity contribution in [2.75, 3.05) is 5.32 Å². The Hall–Kier alpha value is -3.15. The molecule has 2 amide bonds. The zero-order chi connectivity index (χ0) is 19.4. The number of aliphatic carboxylic acids is 1. The van der Waals surface area contributed by atoms with Gasteiger partial charge in [0.05, 0.1) is 0 Å². The van der Waals surface area contributed by atoms with E-state index < -0.39 is 12.0 Å². The van der Waals surface area contributed by atoms with E-state index in [1.165, 1.54) is 11.8 Å². The van der Waals surface area contributed by atoms with Crippen molar-refractivity contribution in [1.29, 1.82) is 0 Å². The second kappa shape index (κ2) is 8.03. The Labute approximate surface area is 157 Å². The van der Waals surface area contributed by atoms with Crippen molar-refractivity contribution < 1.29 is 19.5 Å². The van der Waals surface area contributed by atoms with E-state index in [1.807, 2.05) is 30.3 Å². The highest BCUT2D eigenvalue weighted by Gasteiger charge is 2.40. The highest BCUT2D eigenvalue weighted by atomic mass is 16.4. The lowest BCUT2D eigenvalue weighted by Crippen LogP contribution is -2.47. The van der Waals surface area contributed by atoms with Gasteiger partial charge in [0.2, 0.25) is 5.91 Å². The van der Waals surface area contributed by atoms with Gasteiger partial charge in [-0.2, -0.15) is 0 Å². The Kier molecular flexibility index (Phi) is 5.54. The molecule has 0 spiro atoms. The molecule has 0 radical (unpaired) electrons. The molecule has 1 unspecified atom stereocenters. The Morgan fingerprint density at radius 2 is 1.70 bits per heavy atom. The third kappa shape index (κ3) is 4.73. The minimum Gasteiger partial charge on any atom is -0.480 e. The molecule has 0 saturated heterocycles. The predicted molar refractivity (Wildman–Crippen MR) is 102 cm³/mol. The van der Waals surface area contributed by atoms with Crippen LogP contribution in [-0.4, -0.2) is 39.9 Å². The number of rotatable bonds is 7. The molecule has 0 aromatic heterocycles. The second-order valence-electron chi connectivity index (χ2n) is 6.75. The summed E-state index contributed by atoms with van der Waals surface area (Å²) in [6, 6.07) is 14.9. The molecule has 2 aromatic carbocycles. The lowest BCUT2D eigenvalue weighted by Gasteiger charge is -2.29. The summed E-state index contributed by atoms with van der Waals surface area (Å²) >= 11 is 0. The Morgan fingerprint density at radius 3 is 2.22 bits per heavy atom. The number of benzene rings is 2. The fourth-order valence-electron chi connectivity index (χ4n) is 3.11.